The van der Waals surface area contributed by atoms with Crippen LogP contribution in [0.2, 0.25) is 5.02 Å². The zero-order chi connectivity index (χ0) is 11.7. The molecule has 2 N–H and O–H groups in total. The summed E-state index contributed by atoms with van der Waals surface area (Å²) in [6, 6.07) is 6.11. The Labute approximate surface area is 99.0 Å². The largest absolute Gasteiger partial charge is 0.422 e. The smallest absolute Gasteiger partial charge is 0.298 e. The zero-order valence-corrected chi connectivity index (χ0v) is 10.0. The number of hydrogen-bond donors (Lipinski definition) is 1. The van der Waals surface area contributed by atoms with E-state index in [-0.39, 0.29) is 6.04 Å². The van der Waals surface area contributed by atoms with Gasteiger partial charge in [-0.3, -0.25) is 0 Å². The van der Waals surface area contributed by atoms with Gasteiger partial charge in [-0.15, -0.1) is 0 Å². The van der Waals surface area contributed by atoms with E-state index in [0.29, 0.717) is 23.2 Å². The fraction of sp³-hybridized carbons (Fsp3) is 0.364. The third kappa shape index (κ3) is 2.13. The number of benzene rings is 1. The molecule has 1 aromatic carbocycles. The van der Waals surface area contributed by atoms with E-state index >= 15 is 0 Å². The molecule has 0 spiro atoms. The molecule has 0 saturated heterocycles. The van der Waals surface area contributed by atoms with E-state index in [9.17, 15) is 0 Å². The van der Waals surface area contributed by atoms with Gasteiger partial charge in [-0.2, -0.15) is 4.98 Å². The highest BCUT2D eigenvalue weighted by molar-refractivity contribution is 6.34. The number of halogens is 1. The Bertz CT molecular complexity index is 495. The van der Waals surface area contributed by atoms with Gasteiger partial charge >= 0.3 is 0 Å². The lowest BCUT2D eigenvalue weighted by atomic mass is 10.3. The Morgan fingerprint density at radius 1 is 1.56 bits per heavy atom. The van der Waals surface area contributed by atoms with E-state index in [1.54, 1.807) is 6.07 Å². The van der Waals surface area contributed by atoms with Crippen molar-refractivity contribution in [2.75, 3.05) is 18.5 Å². The highest BCUT2D eigenvalue weighted by atomic mass is 35.5. The van der Waals surface area contributed by atoms with Crippen molar-refractivity contribution >= 4 is 28.7 Å². The third-order valence-corrected chi connectivity index (χ3v) is 2.54. The molecule has 4 nitrogen and oxygen atoms in total. The minimum Gasteiger partial charge on any atom is -0.422 e. The zero-order valence-electron chi connectivity index (χ0n) is 9.27. The topological polar surface area (TPSA) is 55.3 Å². The van der Waals surface area contributed by atoms with Crippen molar-refractivity contribution in [2.45, 2.75) is 13.0 Å². The summed E-state index contributed by atoms with van der Waals surface area (Å²) >= 11 is 6.00. The molecule has 1 unspecified atom stereocenters. The van der Waals surface area contributed by atoms with Crippen LogP contribution in [-0.2, 0) is 0 Å². The van der Waals surface area contributed by atoms with Gasteiger partial charge in [-0.05, 0) is 19.1 Å². The summed E-state index contributed by atoms with van der Waals surface area (Å²) in [5.41, 5.74) is 7.10. The van der Waals surface area contributed by atoms with Gasteiger partial charge in [0.1, 0.15) is 5.52 Å². The van der Waals surface area contributed by atoms with E-state index in [2.05, 4.69) is 4.98 Å². The van der Waals surface area contributed by atoms with Crippen molar-refractivity contribution in [3.63, 3.8) is 0 Å². The monoisotopic (exact) mass is 239 g/mol. The van der Waals surface area contributed by atoms with Crippen LogP contribution in [0, 0.1) is 0 Å². The lowest BCUT2D eigenvalue weighted by molar-refractivity contribution is 0.569. The van der Waals surface area contributed by atoms with Crippen molar-refractivity contribution < 1.29 is 4.42 Å². The van der Waals surface area contributed by atoms with Gasteiger partial charge in [0.05, 0.1) is 5.02 Å². The highest BCUT2D eigenvalue weighted by Gasteiger charge is 2.12. The molecule has 2 aromatic rings. The minimum atomic E-state index is 0.0653. The number of rotatable bonds is 3. The first-order valence-electron chi connectivity index (χ1n) is 5.09. The Hall–Kier alpha value is -1.26. The van der Waals surface area contributed by atoms with E-state index in [4.69, 9.17) is 21.8 Å². The molecule has 0 aliphatic heterocycles. The van der Waals surface area contributed by atoms with Crippen LogP contribution in [0.3, 0.4) is 0 Å². The maximum Gasteiger partial charge on any atom is 0.298 e. The summed E-state index contributed by atoms with van der Waals surface area (Å²) in [4.78, 5) is 6.22. The van der Waals surface area contributed by atoms with E-state index in [1.165, 1.54) is 0 Å². The summed E-state index contributed by atoms with van der Waals surface area (Å²) in [5.74, 6) is 0. The molecule has 5 heteroatoms. The number of anilines is 1. The van der Waals surface area contributed by atoms with Crippen LogP contribution < -0.4 is 10.6 Å². The van der Waals surface area contributed by atoms with Crippen molar-refractivity contribution in [2.24, 2.45) is 5.73 Å². The number of nitrogens with two attached hydrogens (primary N) is 1. The second-order valence-corrected chi connectivity index (χ2v) is 4.35. The number of likely N-dealkylation sites (N-methyl/N-ethyl adjacent to an activating group) is 1. The SMILES string of the molecule is CC(N)CN(C)c1nc2cccc(Cl)c2o1. The molecule has 0 saturated carbocycles. The molecule has 1 aromatic heterocycles. The molecule has 0 radical (unpaired) electrons. The number of nitrogens with zero attached hydrogens (tertiary/aromatic N) is 2. The van der Waals surface area contributed by atoms with Crippen LogP contribution in [0.25, 0.3) is 11.1 Å². The summed E-state index contributed by atoms with van der Waals surface area (Å²) in [6.45, 7) is 2.62. The Morgan fingerprint density at radius 2 is 2.31 bits per heavy atom. The fourth-order valence-corrected chi connectivity index (χ4v) is 1.79. The molecule has 2 rings (SSSR count). The molecule has 0 fully saturated rings. The summed E-state index contributed by atoms with van der Waals surface area (Å²) < 4.78 is 5.59. The van der Waals surface area contributed by atoms with Crippen molar-refractivity contribution in [1.82, 2.24) is 4.98 Å². The Kier molecular flexibility index (Phi) is 3.03. The number of para-hydroxylation sites is 1. The predicted octanol–water partition coefficient (Wildman–Crippen LogP) is 2.26. The molecule has 16 heavy (non-hydrogen) atoms. The van der Waals surface area contributed by atoms with Gasteiger partial charge < -0.3 is 15.1 Å². The predicted molar refractivity (Wildman–Crippen MR) is 65.9 cm³/mol. The molecule has 0 amide bonds. The van der Waals surface area contributed by atoms with Gasteiger partial charge in [0.2, 0.25) is 0 Å². The summed E-state index contributed by atoms with van der Waals surface area (Å²) in [7, 11) is 1.89. The van der Waals surface area contributed by atoms with Crippen molar-refractivity contribution in [3.05, 3.63) is 23.2 Å². The molecule has 0 bridgehead atoms. The Balaban J connectivity index is 2.36. The van der Waals surface area contributed by atoms with Crippen LogP contribution in [-0.4, -0.2) is 24.6 Å². The standard InChI is InChI=1S/C11H14ClN3O/c1-7(13)6-15(2)11-14-9-5-3-4-8(12)10(9)16-11/h3-5,7H,6,13H2,1-2H3. The molecular weight excluding hydrogens is 226 g/mol. The summed E-state index contributed by atoms with van der Waals surface area (Å²) in [6.07, 6.45) is 0. The number of oxazole rings is 1. The second-order valence-electron chi connectivity index (χ2n) is 3.94. The maximum atomic E-state index is 6.00. The molecule has 86 valence electrons. The Morgan fingerprint density at radius 3 is 2.94 bits per heavy atom. The first-order valence-corrected chi connectivity index (χ1v) is 5.47. The van der Waals surface area contributed by atoms with Gasteiger partial charge in [-0.25, -0.2) is 0 Å². The van der Waals surface area contributed by atoms with Crippen molar-refractivity contribution in [3.8, 4) is 0 Å². The number of aromatic nitrogens is 1. The average Bonchev–Trinajstić information content (AvgIpc) is 2.61. The second kappa shape index (κ2) is 4.31. The maximum absolute atomic E-state index is 6.00. The van der Waals surface area contributed by atoms with Gasteiger partial charge in [0.15, 0.2) is 5.58 Å². The molecular formula is C11H14ClN3O. The average molecular weight is 240 g/mol. The number of fused-ring (bicyclic) bond motifs is 1. The normalized spacial score (nSPS) is 13.0. The van der Waals surface area contributed by atoms with Crippen LogP contribution in [0.1, 0.15) is 6.92 Å². The van der Waals surface area contributed by atoms with Gasteiger partial charge in [0.25, 0.3) is 6.01 Å². The van der Waals surface area contributed by atoms with Crippen LogP contribution in [0.5, 0.6) is 0 Å². The molecule has 1 atom stereocenters. The van der Waals surface area contributed by atoms with E-state index in [1.807, 2.05) is 31.0 Å². The minimum absolute atomic E-state index is 0.0653. The van der Waals surface area contributed by atoms with Gasteiger partial charge in [0, 0.05) is 19.6 Å². The molecule has 1 heterocycles. The lowest BCUT2D eigenvalue weighted by Gasteiger charge is -2.16. The first-order chi connectivity index (χ1) is 7.58. The lowest BCUT2D eigenvalue weighted by Crippen LogP contribution is -2.32. The van der Waals surface area contributed by atoms with Crippen LogP contribution in [0.15, 0.2) is 22.6 Å². The van der Waals surface area contributed by atoms with E-state index < -0.39 is 0 Å². The van der Waals surface area contributed by atoms with Gasteiger partial charge in [-0.1, -0.05) is 17.7 Å². The van der Waals surface area contributed by atoms with E-state index in [0.717, 1.165) is 5.52 Å². The number of hydrogen-bond acceptors (Lipinski definition) is 4. The van der Waals surface area contributed by atoms with Crippen LogP contribution >= 0.6 is 11.6 Å². The molecule has 0 aliphatic carbocycles. The van der Waals surface area contributed by atoms with Crippen LogP contribution in [0.4, 0.5) is 6.01 Å². The molecule has 0 aliphatic rings. The van der Waals surface area contributed by atoms with Crippen molar-refractivity contribution in [1.29, 1.82) is 0 Å². The summed E-state index contributed by atoms with van der Waals surface area (Å²) in [5, 5.41) is 0.574. The first kappa shape index (κ1) is 11.2. The quantitative estimate of drug-likeness (QED) is 0.893. The highest BCUT2D eigenvalue weighted by Crippen LogP contribution is 2.27. The third-order valence-electron chi connectivity index (χ3n) is 2.24. The fourth-order valence-electron chi connectivity index (χ4n) is 1.58.